The molecule has 0 amide bonds. The van der Waals surface area contributed by atoms with Crippen molar-refractivity contribution in [3.05, 3.63) is 42.0 Å². The lowest BCUT2D eigenvalue weighted by atomic mass is 10.0. The maximum atomic E-state index is 10.6. The lowest BCUT2D eigenvalue weighted by Gasteiger charge is -2.04. The summed E-state index contributed by atoms with van der Waals surface area (Å²) in [6, 6.07) is 9.98. The van der Waals surface area contributed by atoms with Gasteiger partial charge in [0, 0.05) is 0 Å². The second kappa shape index (κ2) is 5.35. The average Bonchev–Trinajstić information content (AvgIpc) is 2.26. The molecule has 0 radical (unpaired) electrons. The van der Waals surface area contributed by atoms with Gasteiger partial charge in [0.2, 0.25) is 0 Å². The summed E-state index contributed by atoms with van der Waals surface area (Å²) in [5.74, 6) is -1.06. The van der Waals surface area contributed by atoms with E-state index in [-0.39, 0.29) is 5.92 Å². The van der Waals surface area contributed by atoms with Gasteiger partial charge in [0.05, 0.1) is 5.92 Å². The number of hydrogen-bond acceptors (Lipinski definition) is 1. The number of aliphatic carboxylic acids is 1. The maximum absolute atomic E-state index is 10.6. The van der Waals surface area contributed by atoms with E-state index in [4.69, 9.17) is 5.11 Å². The van der Waals surface area contributed by atoms with Crippen molar-refractivity contribution in [3.63, 3.8) is 0 Å². The summed E-state index contributed by atoms with van der Waals surface area (Å²) in [7, 11) is 0. The molecule has 0 spiro atoms. The molecule has 0 saturated carbocycles. The van der Waals surface area contributed by atoms with E-state index >= 15 is 0 Å². The van der Waals surface area contributed by atoms with Crippen LogP contribution >= 0.6 is 0 Å². The molecule has 1 aromatic carbocycles. The third-order valence-electron chi connectivity index (χ3n) is 2.43. The molecule has 15 heavy (non-hydrogen) atoms. The van der Waals surface area contributed by atoms with E-state index in [1.807, 2.05) is 43.3 Å². The summed E-state index contributed by atoms with van der Waals surface area (Å²) < 4.78 is 0. The molecule has 0 aliphatic rings. The molecule has 1 unspecified atom stereocenters. The topological polar surface area (TPSA) is 37.3 Å². The van der Waals surface area contributed by atoms with Gasteiger partial charge in [0.15, 0.2) is 0 Å². The van der Waals surface area contributed by atoms with Crippen molar-refractivity contribution in [2.75, 3.05) is 0 Å². The lowest BCUT2D eigenvalue weighted by Crippen LogP contribution is -2.07. The number of carbonyl (C=O) groups is 1. The monoisotopic (exact) mass is 204 g/mol. The van der Waals surface area contributed by atoms with Crippen molar-refractivity contribution < 1.29 is 9.90 Å². The van der Waals surface area contributed by atoms with Crippen LogP contribution in [0.15, 0.2) is 36.4 Å². The van der Waals surface area contributed by atoms with Gasteiger partial charge < -0.3 is 5.11 Å². The standard InChI is InChI=1S/C13H16O2/c1-10(8-9-11(2)13(14)15)12-6-4-3-5-7-12/h3-8,11H,9H2,1-2H3,(H,14,15)/b10-8+. The Kier molecular flexibility index (Phi) is 4.10. The fraction of sp³-hybridized carbons (Fsp3) is 0.308. The molecule has 1 rings (SSSR count). The van der Waals surface area contributed by atoms with Crippen molar-refractivity contribution in [1.82, 2.24) is 0 Å². The minimum atomic E-state index is -0.743. The van der Waals surface area contributed by atoms with Crippen molar-refractivity contribution in [2.45, 2.75) is 20.3 Å². The van der Waals surface area contributed by atoms with Crippen molar-refractivity contribution in [3.8, 4) is 0 Å². The van der Waals surface area contributed by atoms with Crippen LogP contribution in [0.3, 0.4) is 0 Å². The minimum absolute atomic E-state index is 0.316. The van der Waals surface area contributed by atoms with Gasteiger partial charge in [-0.05, 0) is 24.5 Å². The van der Waals surface area contributed by atoms with Gasteiger partial charge in [-0.15, -0.1) is 0 Å². The summed E-state index contributed by atoms with van der Waals surface area (Å²) in [4.78, 5) is 10.6. The molecule has 1 aromatic rings. The molecule has 0 bridgehead atoms. The molecule has 0 aliphatic carbocycles. The van der Waals surface area contributed by atoms with Crippen LogP contribution in [-0.2, 0) is 4.79 Å². The third kappa shape index (κ3) is 3.58. The Morgan fingerprint density at radius 2 is 2.00 bits per heavy atom. The first-order chi connectivity index (χ1) is 7.11. The van der Waals surface area contributed by atoms with E-state index in [1.54, 1.807) is 6.92 Å². The third-order valence-corrected chi connectivity index (χ3v) is 2.43. The predicted molar refractivity (Wildman–Crippen MR) is 61.5 cm³/mol. The van der Waals surface area contributed by atoms with Gasteiger partial charge in [-0.25, -0.2) is 0 Å². The Hall–Kier alpha value is -1.57. The zero-order chi connectivity index (χ0) is 11.3. The van der Waals surface area contributed by atoms with Gasteiger partial charge in [0.25, 0.3) is 0 Å². The molecule has 0 saturated heterocycles. The Balaban J connectivity index is 2.65. The Morgan fingerprint density at radius 3 is 2.53 bits per heavy atom. The first-order valence-corrected chi connectivity index (χ1v) is 5.06. The van der Waals surface area contributed by atoms with E-state index in [1.165, 1.54) is 0 Å². The Bertz CT molecular complexity index is 352. The number of carboxylic acid groups (broad SMARTS) is 1. The van der Waals surface area contributed by atoms with Gasteiger partial charge in [-0.1, -0.05) is 43.3 Å². The first-order valence-electron chi connectivity index (χ1n) is 5.06. The summed E-state index contributed by atoms with van der Waals surface area (Å²) in [6.45, 7) is 3.72. The van der Waals surface area contributed by atoms with Crippen molar-refractivity contribution in [2.24, 2.45) is 5.92 Å². The lowest BCUT2D eigenvalue weighted by molar-refractivity contribution is -0.140. The number of hydrogen-bond donors (Lipinski definition) is 1. The summed E-state index contributed by atoms with van der Waals surface area (Å²) in [5, 5.41) is 8.74. The van der Waals surface area contributed by atoms with Gasteiger partial charge >= 0.3 is 5.97 Å². The molecule has 0 aromatic heterocycles. The summed E-state index contributed by atoms with van der Waals surface area (Å²) in [6.07, 6.45) is 2.56. The highest BCUT2D eigenvalue weighted by molar-refractivity contribution is 5.70. The number of benzene rings is 1. The fourth-order valence-corrected chi connectivity index (χ4v) is 1.27. The molecule has 0 fully saturated rings. The highest BCUT2D eigenvalue weighted by Crippen LogP contribution is 2.15. The first kappa shape index (κ1) is 11.5. The van der Waals surface area contributed by atoms with Crippen LogP contribution in [0.4, 0.5) is 0 Å². The quantitative estimate of drug-likeness (QED) is 0.817. The zero-order valence-corrected chi connectivity index (χ0v) is 9.10. The van der Waals surface area contributed by atoms with Crippen LogP contribution in [0, 0.1) is 5.92 Å². The SMILES string of the molecule is C/C(=C\CC(C)C(=O)O)c1ccccc1. The minimum Gasteiger partial charge on any atom is -0.481 e. The molecule has 0 aliphatic heterocycles. The molecule has 0 heterocycles. The highest BCUT2D eigenvalue weighted by atomic mass is 16.4. The molecule has 2 heteroatoms. The predicted octanol–water partition coefficient (Wildman–Crippen LogP) is 3.20. The van der Waals surface area contributed by atoms with Gasteiger partial charge in [0.1, 0.15) is 0 Å². The molecular weight excluding hydrogens is 188 g/mol. The second-order valence-corrected chi connectivity index (χ2v) is 3.73. The summed E-state index contributed by atoms with van der Waals surface area (Å²) >= 11 is 0. The van der Waals surface area contributed by atoms with Crippen LogP contribution in [0.2, 0.25) is 0 Å². The Labute approximate surface area is 90.3 Å². The van der Waals surface area contributed by atoms with E-state index in [2.05, 4.69) is 0 Å². The van der Waals surface area contributed by atoms with Crippen LogP contribution in [0.1, 0.15) is 25.8 Å². The second-order valence-electron chi connectivity index (χ2n) is 3.73. The maximum Gasteiger partial charge on any atom is 0.306 e. The van der Waals surface area contributed by atoms with Crippen molar-refractivity contribution >= 4 is 11.5 Å². The fourth-order valence-electron chi connectivity index (χ4n) is 1.27. The molecule has 1 atom stereocenters. The largest absolute Gasteiger partial charge is 0.481 e. The number of rotatable bonds is 4. The molecule has 1 N–H and O–H groups in total. The van der Waals surface area contributed by atoms with Crippen LogP contribution in [0.5, 0.6) is 0 Å². The van der Waals surface area contributed by atoms with E-state index in [0.717, 1.165) is 11.1 Å². The average molecular weight is 204 g/mol. The highest BCUT2D eigenvalue weighted by Gasteiger charge is 2.08. The zero-order valence-electron chi connectivity index (χ0n) is 9.10. The van der Waals surface area contributed by atoms with Crippen LogP contribution in [0.25, 0.3) is 5.57 Å². The molecule has 2 nitrogen and oxygen atoms in total. The van der Waals surface area contributed by atoms with Gasteiger partial charge in [-0.3, -0.25) is 4.79 Å². The van der Waals surface area contributed by atoms with E-state index in [9.17, 15) is 4.79 Å². The molecule has 80 valence electrons. The molecular formula is C13H16O2. The van der Waals surface area contributed by atoms with Crippen LogP contribution in [-0.4, -0.2) is 11.1 Å². The van der Waals surface area contributed by atoms with E-state index < -0.39 is 5.97 Å². The number of carboxylic acids is 1. The smallest absolute Gasteiger partial charge is 0.306 e. The van der Waals surface area contributed by atoms with Gasteiger partial charge in [-0.2, -0.15) is 0 Å². The van der Waals surface area contributed by atoms with Crippen molar-refractivity contribution in [1.29, 1.82) is 0 Å². The summed E-state index contributed by atoms with van der Waals surface area (Å²) in [5.41, 5.74) is 2.28. The van der Waals surface area contributed by atoms with Crippen LogP contribution < -0.4 is 0 Å². The Morgan fingerprint density at radius 1 is 1.40 bits per heavy atom. The normalized spacial score (nSPS) is 13.6. The number of allylic oxidation sites excluding steroid dienone is 2. The van der Waals surface area contributed by atoms with E-state index in [0.29, 0.717) is 6.42 Å².